The van der Waals surface area contributed by atoms with Crippen molar-refractivity contribution in [3.63, 3.8) is 0 Å². The highest BCUT2D eigenvalue weighted by Gasteiger charge is 2.39. The number of ether oxygens (including phenoxy) is 1. The molecule has 1 aromatic carbocycles. The summed E-state index contributed by atoms with van der Waals surface area (Å²) in [5.74, 6) is 0. The molecule has 0 N–H and O–H groups in total. The summed E-state index contributed by atoms with van der Waals surface area (Å²) in [5.41, 5.74) is 0.619. The molecule has 1 fully saturated rings. The fourth-order valence-corrected chi connectivity index (χ4v) is 2.43. The summed E-state index contributed by atoms with van der Waals surface area (Å²) in [4.78, 5) is 15.7. The standard InChI is InChI=1S/C15H22N2O2/c1-16(2)14(18)19-15(9-11-17(3)12-10-15)13-7-5-4-6-8-13/h4-8H,9-12H2,1-3H3. The molecule has 0 radical (unpaired) electrons. The molecule has 0 atom stereocenters. The summed E-state index contributed by atoms with van der Waals surface area (Å²) in [6.07, 6.45) is 1.41. The predicted octanol–water partition coefficient (Wildman–Crippen LogP) is 2.31. The van der Waals surface area contributed by atoms with Crippen molar-refractivity contribution < 1.29 is 9.53 Å². The Morgan fingerprint density at radius 1 is 1.21 bits per heavy atom. The minimum atomic E-state index is -0.477. The summed E-state index contributed by atoms with van der Waals surface area (Å²) >= 11 is 0. The van der Waals surface area contributed by atoms with Gasteiger partial charge < -0.3 is 14.5 Å². The Hall–Kier alpha value is -1.55. The minimum Gasteiger partial charge on any atom is -0.438 e. The number of amides is 1. The molecular formula is C15H22N2O2. The first-order valence-electron chi connectivity index (χ1n) is 6.68. The van der Waals surface area contributed by atoms with Gasteiger partial charge in [-0.2, -0.15) is 0 Å². The number of rotatable bonds is 2. The number of hydrogen-bond donors (Lipinski definition) is 0. The molecule has 1 amide bonds. The minimum absolute atomic E-state index is 0.270. The quantitative estimate of drug-likeness (QED) is 0.820. The van der Waals surface area contributed by atoms with E-state index < -0.39 is 5.60 Å². The van der Waals surface area contributed by atoms with Gasteiger partial charge in [0.1, 0.15) is 5.60 Å². The molecule has 4 heteroatoms. The lowest BCUT2D eigenvalue weighted by Crippen LogP contribution is -2.45. The fourth-order valence-electron chi connectivity index (χ4n) is 2.43. The van der Waals surface area contributed by atoms with Crippen LogP contribution in [0.15, 0.2) is 30.3 Å². The van der Waals surface area contributed by atoms with Crippen LogP contribution >= 0.6 is 0 Å². The highest BCUT2D eigenvalue weighted by molar-refractivity contribution is 5.67. The Kier molecular flexibility index (Phi) is 4.10. The highest BCUT2D eigenvalue weighted by Crippen LogP contribution is 2.36. The molecule has 1 aliphatic heterocycles. The van der Waals surface area contributed by atoms with E-state index in [4.69, 9.17) is 4.74 Å². The molecule has 0 saturated carbocycles. The predicted molar refractivity (Wildman–Crippen MR) is 75.0 cm³/mol. The van der Waals surface area contributed by atoms with E-state index in [0.29, 0.717) is 0 Å². The summed E-state index contributed by atoms with van der Waals surface area (Å²) in [6, 6.07) is 10.1. The molecule has 104 valence electrons. The molecule has 1 heterocycles. The van der Waals surface area contributed by atoms with Gasteiger partial charge in [-0.05, 0) is 12.6 Å². The molecule has 19 heavy (non-hydrogen) atoms. The van der Waals surface area contributed by atoms with Crippen LogP contribution in [0.4, 0.5) is 4.79 Å². The van der Waals surface area contributed by atoms with Gasteiger partial charge >= 0.3 is 6.09 Å². The van der Waals surface area contributed by atoms with Crippen molar-refractivity contribution in [2.75, 3.05) is 34.2 Å². The summed E-state index contributed by atoms with van der Waals surface area (Å²) in [5, 5.41) is 0. The van der Waals surface area contributed by atoms with Crippen LogP contribution in [0.25, 0.3) is 0 Å². The van der Waals surface area contributed by atoms with E-state index in [-0.39, 0.29) is 6.09 Å². The van der Waals surface area contributed by atoms with Crippen LogP contribution in [0.5, 0.6) is 0 Å². The van der Waals surface area contributed by atoms with Crippen molar-refractivity contribution in [2.24, 2.45) is 0 Å². The smallest absolute Gasteiger partial charge is 0.410 e. The Morgan fingerprint density at radius 3 is 2.32 bits per heavy atom. The van der Waals surface area contributed by atoms with Crippen LogP contribution in [0, 0.1) is 0 Å². The van der Waals surface area contributed by atoms with E-state index in [0.717, 1.165) is 31.5 Å². The molecular weight excluding hydrogens is 240 g/mol. The number of carbonyl (C=O) groups excluding carboxylic acids is 1. The zero-order valence-corrected chi connectivity index (χ0v) is 11.9. The van der Waals surface area contributed by atoms with Crippen molar-refractivity contribution in [3.05, 3.63) is 35.9 Å². The first-order valence-corrected chi connectivity index (χ1v) is 6.68. The van der Waals surface area contributed by atoms with Gasteiger partial charge in [0.05, 0.1) is 0 Å². The second kappa shape index (κ2) is 5.61. The monoisotopic (exact) mass is 262 g/mol. The average Bonchev–Trinajstić information content (AvgIpc) is 2.42. The van der Waals surface area contributed by atoms with Gasteiger partial charge in [-0.25, -0.2) is 4.79 Å². The second-order valence-electron chi connectivity index (χ2n) is 5.43. The van der Waals surface area contributed by atoms with E-state index in [1.807, 2.05) is 30.3 Å². The lowest BCUT2D eigenvalue weighted by atomic mass is 9.84. The van der Waals surface area contributed by atoms with Crippen molar-refractivity contribution >= 4 is 6.09 Å². The molecule has 4 nitrogen and oxygen atoms in total. The normalized spacial score (nSPS) is 18.9. The van der Waals surface area contributed by atoms with Gasteiger partial charge in [-0.15, -0.1) is 0 Å². The van der Waals surface area contributed by atoms with E-state index in [1.54, 1.807) is 14.1 Å². The Bertz CT molecular complexity index is 423. The third-order valence-electron chi connectivity index (χ3n) is 3.74. The molecule has 1 aromatic rings. The summed E-state index contributed by atoms with van der Waals surface area (Å²) in [7, 11) is 5.54. The van der Waals surface area contributed by atoms with E-state index >= 15 is 0 Å². The van der Waals surface area contributed by atoms with Crippen molar-refractivity contribution in [1.82, 2.24) is 9.80 Å². The lowest BCUT2D eigenvalue weighted by molar-refractivity contribution is -0.0462. The lowest BCUT2D eigenvalue weighted by Gasteiger charge is -2.40. The first kappa shape index (κ1) is 13.9. The number of benzene rings is 1. The Balaban J connectivity index is 2.26. The molecule has 1 aliphatic rings. The van der Waals surface area contributed by atoms with Crippen LogP contribution in [0.3, 0.4) is 0 Å². The van der Waals surface area contributed by atoms with Crippen molar-refractivity contribution in [2.45, 2.75) is 18.4 Å². The number of nitrogens with zero attached hydrogens (tertiary/aromatic N) is 2. The van der Waals surface area contributed by atoms with Crippen LogP contribution < -0.4 is 0 Å². The van der Waals surface area contributed by atoms with Gasteiger partial charge in [0, 0.05) is 40.0 Å². The SMILES string of the molecule is CN1CCC(OC(=O)N(C)C)(c2ccccc2)CC1. The van der Waals surface area contributed by atoms with Gasteiger partial charge in [-0.1, -0.05) is 30.3 Å². The average molecular weight is 262 g/mol. The number of carbonyl (C=O) groups is 1. The first-order chi connectivity index (χ1) is 9.03. The van der Waals surface area contributed by atoms with Gasteiger partial charge in [0.25, 0.3) is 0 Å². The topological polar surface area (TPSA) is 32.8 Å². The molecule has 0 spiro atoms. The fraction of sp³-hybridized carbons (Fsp3) is 0.533. The van der Waals surface area contributed by atoms with Crippen molar-refractivity contribution in [3.8, 4) is 0 Å². The molecule has 0 unspecified atom stereocenters. The van der Waals surface area contributed by atoms with E-state index in [2.05, 4.69) is 11.9 Å². The summed E-state index contributed by atoms with van der Waals surface area (Å²) < 4.78 is 5.84. The van der Waals surface area contributed by atoms with Gasteiger partial charge in [-0.3, -0.25) is 0 Å². The maximum atomic E-state index is 12.0. The number of likely N-dealkylation sites (tertiary alicyclic amines) is 1. The third kappa shape index (κ3) is 3.07. The van der Waals surface area contributed by atoms with Gasteiger partial charge in [0.2, 0.25) is 0 Å². The molecule has 0 aliphatic carbocycles. The Morgan fingerprint density at radius 2 is 1.79 bits per heavy atom. The molecule has 2 rings (SSSR count). The van der Waals surface area contributed by atoms with E-state index in [9.17, 15) is 4.79 Å². The Labute approximate surface area is 115 Å². The number of piperidine rings is 1. The zero-order valence-electron chi connectivity index (χ0n) is 11.9. The zero-order chi connectivity index (χ0) is 13.9. The number of hydrogen-bond acceptors (Lipinski definition) is 3. The van der Waals surface area contributed by atoms with Gasteiger partial charge in [0.15, 0.2) is 0 Å². The third-order valence-corrected chi connectivity index (χ3v) is 3.74. The summed E-state index contributed by atoms with van der Waals surface area (Å²) in [6.45, 7) is 1.88. The largest absolute Gasteiger partial charge is 0.438 e. The van der Waals surface area contributed by atoms with Crippen LogP contribution in [0.1, 0.15) is 18.4 Å². The van der Waals surface area contributed by atoms with Crippen LogP contribution in [-0.2, 0) is 10.3 Å². The second-order valence-corrected chi connectivity index (χ2v) is 5.43. The maximum Gasteiger partial charge on any atom is 0.410 e. The van der Waals surface area contributed by atoms with Crippen LogP contribution in [0.2, 0.25) is 0 Å². The molecule has 0 aromatic heterocycles. The highest BCUT2D eigenvalue weighted by atomic mass is 16.6. The van der Waals surface area contributed by atoms with Crippen LogP contribution in [-0.4, -0.2) is 50.1 Å². The maximum absolute atomic E-state index is 12.0. The molecule has 1 saturated heterocycles. The molecule has 0 bridgehead atoms. The van der Waals surface area contributed by atoms with Crippen molar-refractivity contribution in [1.29, 1.82) is 0 Å². The van der Waals surface area contributed by atoms with E-state index in [1.165, 1.54) is 4.90 Å².